The van der Waals surface area contributed by atoms with Crippen molar-refractivity contribution in [1.29, 1.82) is 0 Å². The minimum absolute atomic E-state index is 0.107. The second kappa shape index (κ2) is 2.05. The first-order valence-electron chi connectivity index (χ1n) is 4.72. The van der Waals surface area contributed by atoms with Crippen LogP contribution in [0.1, 0.15) is 0 Å². The molecular weight excluding hydrogens is 238 g/mol. The summed E-state index contributed by atoms with van der Waals surface area (Å²) in [5.41, 5.74) is 0.107. The summed E-state index contributed by atoms with van der Waals surface area (Å²) in [4.78, 5) is 0. The third-order valence-corrected chi connectivity index (χ3v) is 4.74. The number of benzene rings is 1. The number of rotatable bonds is 0. The quantitative estimate of drug-likeness (QED) is 0.648. The van der Waals surface area contributed by atoms with E-state index in [1.807, 2.05) is 0 Å². The molecule has 0 bridgehead atoms. The van der Waals surface area contributed by atoms with Crippen molar-refractivity contribution in [3.05, 3.63) is 36.5 Å². The van der Waals surface area contributed by atoms with Gasteiger partial charge in [-0.2, -0.15) is 0 Å². The Kier molecular flexibility index (Phi) is 1.26. The normalized spacial score (nSPS) is 27.2. The molecule has 86 valence electrons. The summed E-state index contributed by atoms with van der Waals surface area (Å²) in [6.45, 7) is 0.254. The van der Waals surface area contributed by atoms with Crippen molar-refractivity contribution >= 4 is 18.2 Å². The number of hydrogen-bond donors (Lipinski definition) is 0. The first kappa shape index (κ1) is 9.85. The van der Waals surface area contributed by atoms with Crippen LogP contribution >= 0.6 is 7.25 Å². The first-order chi connectivity index (χ1) is 7.20. The number of para-hydroxylation sites is 1. The average Bonchev–Trinajstić information content (AvgIpc) is 2.33. The molecule has 0 amide bonds. The predicted molar refractivity (Wildman–Crippen MR) is 56.3 cm³/mol. The number of halogens is 3. The topological polar surface area (TPSA) is 13.1 Å². The van der Waals surface area contributed by atoms with Crippen LogP contribution in [0.25, 0.3) is 10.9 Å². The van der Waals surface area contributed by atoms with Crippen molar-refractivity contribution in [3.63, 3.8) is 0 Å². The number of hydrogen-bond acceptors (Lipinski definition) is 1. The molecule has 2 nitrogen and oxygen atoms in total. The van der Waals surface area contributed by atoms with Gasteiger partial charge in [0, 0.05) is 0 Å². The maximum atomic E-state index is 14.1. The zero-order valence-electron chi connectivity index (χ0n) is 8.40. The van der Waals surface area contributed by atoms with Gasteiger partial charge in [0.2, 0.25) is 0 Å². The van der Waals surface area contributed by atoms with E-state index in [1.165, 1.54) is 12.1 Å². The van der Waals surface area contributed by atoms with Crippen LogP contribution in [0.3, 0.4) is 0 Å². The average molecular weight is 247 g/mol. The van der Waals surface area contributed by atoms with Gasteiger partial charge in [-0.15, -0.1) is 0 Å². The van der Waals surface area contributed by atoms with Crippen LogP contribution in [0.15, 0.2) is 36.5 Å². The monoisotopic (exact) mass is 247 g/mol. The summed E-state index contributed by atoms with van der Waals surface area (Å²) in [6.07, 6.45) is 1.02. The summed E-state index contributed by atoms with van der Waals surface area (Å²) in [5.74, 6) is -0.108. The van der Waals surface area contributed by atoms with E-state index in [0.29, 0.717) is 9.72 Å². The van der Waals surface area contributed by atoms with E-state index in [2.05, 4.69) is 4.52 Å². The molecule has 0 fully saturated rings. The van der Waals surface area contributed by atoms with E-state index in [1.54, 1.807) is 18.2 Å². The van der Waals surface area contributed by atoms with E-state index in [9.17, 15) is 12.6 Å². The molecule has 6 heteroatoms. The molecule has 16 heavy (non-hydrogen) atoms. The predicted octanol–water partition coefficient (Wildman–Crippen LogP) is 3.57. The van der Waals surface area contributed by atoms with Crippen molar-refractivity contribution in [1.82, 2.24) is 0 Å². The third-order valence-electron chi connectivity index (χ3n) is 2.64. The van der Waals surface area contributed by atoms with Crippen LogP contribution in [-0.4, -0.2) is 6.66 Å². The number of nitrogens with zero attached hydrogens (tertiary/aromatic N) is 1. The van der Waals surface area contributed by atoms with Crippen molar-refractivity contribution in [3.8, 4) is 5.75 Å². The molecule has 2 aromatic rings. The maximum absolute atomic E-state index is 14.1. The Morgan fingerprint density at radius 2 is 1.81 bits per heavy atom. The number of aromatic nitrogens is 1. The zero-order chi connectivity index (χ0) is 11.7. The Morgan fingerprint density at radius 3 is 2.56 bits per heavy atom. The Labute approximate surface area is 89.3 Å². The molecule has 0 atom stereocenters. The fourth-order valence-corrected chi connectivity index (χ4v) is 3.90. The van der Waals surface area contributed by atoms with E-state index in [0.717, 1.165) is 6.20 Å². The van der Waals surface area contributed by atoms with Gasteiger partial charge < -0.3 is 0 Å². The molecule has 2 heterocycles. The molecule has 1 aromatic carbocycles. The molecule has 0 radical (unpaired) electrons. The second-order valence-electron chi connectivity index (χ2n) is 4.23. The third kappa shape index (κ3) is 1.09. The molecule has 0 N–H and O–H groups in total. The van der Waals surface area contributed by atoms with Crippen LogP contribution in [0.4, 0.5) is 12.6 Å². The van der Waals surface area contributed by atoms with Crippen LogP contribution < -0.4 is 8.86 Å². The Hall–Kier alpha value is -1.35. The van der Waals surface area contributed by atoms with Crippen molar-refractivity contribution in [2.45, 2.75) is 0 Å². The zero-order valence-corrected chi connectivity index (χ0v) is 9.30. The second-order valence-corrected chi connectivity index (χ2v) is 8.04. The van der Waals surface area contributed by atoms with Crippen LogP contribution in [-0.2, 0) is 0 Å². The van der Waals surface area contributed by atoms with Gasteiger partial charge >= 0.3 is 88.6 Å². The first-order valence-corrected chi connectivity index (χ1v) is 7.40. The van der Waals surface area contributed by atoms with Gasteiger partial charge in [0.05, 0.1) is 0 Å². The van der Waals surface area contributed by atoms with E-state index in [-0.39, 0.29) is 17.9 Å². The molecule has 1 aliphatic heterocycles. The SMILES string of the molecule is C[P-]1(F)(F)(F)Oc2cccc3ccc[n+]1c23. The van der Waals surface area contributed by atoms with Crippen molar-refractivity contribution < 1.29 is 21.5 Å². The van der Waals surface area contributed by atoms with Gasteiger partial charge in [0.25, 0.3) is 0 Å². The van der Waals surface area contributed by atoms with Gasteiger partial charge in [-0.1, -0.05) is 0 Å². The Morgan fingerprint density at radius 1 is 1.12 bits per heavy atom. The molecule has 0 saturated heterocycles. The van der Waals surface area contributed by atoms with Crippen LogP contribution in [0, 0.1) is 0 Å². The summed E-state index contributed by atoms with van der Waals surface area (Å²) < 4.78 is 47.0. The van der Waals surface area contributed by atoms with Gasteiger partial charge in [-0.3, -0.25) is 0 Å². The van der Waals surface area contributed by atoms with Gasteiger partial charge in [0.1, 0.15) is 0 Å². The van der Waals surface area contributed by atoms with Gasteiger partial charge in [-0.25, -0.2) is 0 Å². The van der Waals surface area contributed by atoms with Gasteiger partial charge in [-0.05, 0) is 0 Å². The fourth-order valence-electron chi connectivity index (χ4n) is 2.02. The molecular formula is C10H9F3NOP. The fraction of sp³-hybridized carbons (Fsp3) is 0.100. The van der Waals surface area contributed by atoms with Crippen molar-refractivity contribution in [2.75, 3.05) is 6.66 Å². The Balaban J connectivity index is 2.58. The summed E-state index contributed by atoms with van der Waals surface area (Å²) >= 11 is 0. The van der Waals surface area contributed by atoms with Crippen LogP contribution in [0.2, 0.25) is 0 Å². The molecule has 0 spiro atoms. The van der Waals surface area contributed by atoms with Gasteiger partial charge in [0.15, 0.2) is 0 Å². The summed E-state index contributed by atoms with van der Waals surface area (Å²) in [6, 6.07) is 7.57. The van der Waals surface area contributed by atoms with E-state index < -0.39 is 7.25 Å². The van der Waals surface area contributed by atoms with Crippen LogP contribution in [0.5, 0.6) is 5.75 Å². The van der Waals surface area contributed by atoms with E-state index >= 15 is 0 Å². The number of pyridine rings is 1. The van der Waals surface area contributed by atoms with Crippen molar-refractivity contribution in [2.24, 2.45) is 0 Å². The molecule has 1 aromatic heterocycles. The standard InChI is InChI=1S/C10H9F3NOP/c1-16(11,12,13)14-7-3-5-8-4-2-6-9(15-16)10(8)14/h2-7H,1H3. The molecule has 3 rings (SSSR count). The molecule has 0 unspecified atom stereocenters. The molecule has 0 saturated carbocycles. The minimum atomic E-state index is -7.38. The summed E-state index contributed by atoms with van der Waals surface area (Å²) in [7, 11) is -7.38. The van der Waals surface area contributed by atoms with E-state index in [4.69, 9.17) is 0 Å². The molecule has 1 aliphatic rings. The molecule has 0 aliphatic carbocycles. The summed E-state index contributed by atoms with van der Waals surface area (Å²) in [5, 5.41) is 0.530. The Bertz CT molecular complexity index is 629.